The van der Waals surface area contributed by atoms with Crippen LogP contribution in [0.3, 0.4) is 0 Å². The van der Waals surface area contributed by atoms with Crippen molar-refractivity contribution in [2.24, 2.45) is 11.3 Å². The molecular weight excluding hydrogens is 148 g/mol. The Morgan fingerprint density at radius 3 is 2.42 bits per heavy atom. The molecule has 0 heterocycles. The second-order valence-electron chi connectivity index (χ2n) is 5.00. The molecule has 0 aromatic heterocycles. The van der Waals surface area contributed by atoms with Gasteiger partial charge in [0.2, 0.25) is 0 Å². The lowest BCUT2D eigenvalue weighted by Crippen LogP contribution is -2.28. The first-order valence-corrected chi connectivity index (χ1v) is 4.76. The van der Waals surface area contributed by atoms with E-state index in [1.807, 2.05) is 6.92 Å². The molecule has 0 bridgehead atoms. The highest BCUT2D eigenvalue weighted by Crippen LogP contribution is 2.36. The molecule has 1 N–H and O–H groups in total. The number of hydrogen-bond acceptors (Lipinski definition) is 1. The average Bonchev–Trinajstić information content (AvgIpc) is 1.92. The Morgan fingerprint density at radius 2 is 2.00 bits per heavy atom. The number of aliphatic hydroxyl groups excluding tert-OH is 1. The topological polar surface area (TPSA) is 20.2 Å². The molecule has 2 atom stereocenters. The van der Waals surface area contributed by atoms with Crippen molar-refractivity contribution < 1.29 is 5.11 Å². The van der Waals surface area contributed by atoms with Crippen molar-refractivity contribution in [3.8, 4) is 0 Å². The smallest absolute Gasteiger partial charge is 0.0750 e. The van der Waals surface area contributed by atoms with Crippen LogP contribution in [0.4, 0.5) is 0 Å². The molecule has 0 spiro atoms. The van der Waals surface area contributed by atoms with Gasteiger partial charge in [-0.05, 0) is 36.7 Å². The predicted molar refractivity (Wildman–Crippen MR) is 51.9 cm³/mol. The van der Waals surface area contributed by atoms with Crippen LogP contribution >= 0.6 is 0 Å². The Kier molecular flexibility index (Phi) is 2.62. The number of hydrogen-bond donors (Lipinski definition) is 1. The van der Waals surface area contributed by atoms with E-state index in [9.17, 15) is 5.11 Å². The first-order chi connectivity index (χ1) is 5.41. The number of allylic oxidation sites excluding steroid dienone is 1. The van der Waals surface area contributed by atoms with E-state index in [2.05, 4.69) is 26.8 Å². The van der Waals surface area contributed by atoms with Crippen molar-refractivity contribution in [2.75, 3.05) is 0 Å². The molecule has 1 aliphatic rings. The third kappa shape index (κ3) is 2.10. The molecule has 0 aromatic rings. The standard InChI is InChI=1S/C11H20O/c1-8-5-6-9(7-10(8)12)11(2,3)4/h5,9-10,12H,6-7H2,1-4H3/t9-,10+/m1/s1. The van der Waals surface area contributed by atoms with E-state index in [4.69, 9.17) is 0 Å². The molecular formula is C11H20O. The molecule has 0 aromatic carbocycles. The van der Waals surface area contributed by atoms with E-state index in [-0.39, 0.29) is 6.10 Å². The van der Waals surface area contributed by atoms with Gasteiger partial charge in [-0.25, -0.2) is 0 Å². The Labute approximate surface area is 75.5 Å². The third-order valence-electron chi connectivity index (χ3n) is 2.98. The van der Waals surface area contributed by atoms with Crippen molar-refractivity contribution in [1.82, 2.24) is 0 Å². The SMILES string of the molecule is CC1=CC[C@@H](C(C)(C)C)C[C@@H]1O. The molecule has 12 heavy (non-hydrogen) atoms. The Hall–Kier alpha value is -0.300. The van der Waals surface area contributed by atoms with Crippen LogP contribution in [0.1, 0.15) is 40.5 Å². The van der Waals surface area contributed by atoms with Crippen LogP contribution in [0.25, 0.3) is 0 Å². The Morgan fingerprint density at radius 1 is 1.42 bits per heavy atom. The fourth-order valence-corrected chi connectivity index (χ4v) is 1.72. The van der Waals surface area contributed by atoms with Gasteiger partial charge < -0.3 is 5.11 Å². The van der Waals surface area contributed by atoms with Gasteiger partial charge in [0, 0.05) is 0 Å². The maximum atomic E-state index is 9.64. The van der Waals surface area contributed by atoms with E-state index < -0.39 is 0 Å². The summed E-state index contributed by atoms with van der Waals surface area (Å²) in [5.74, 6) is 0.635. The number of aliphatic hydroxyl groups is 1. The summed E-state index contributed by atoms with van der Waals surface area (Å²) in [6, 6.07) is 0. The monoisotopic (exact) mass is 168 g/mol. The van der Waals surface area contributed by atoms with Crippen molar-refractivity contribution >= 4 is 0 Å². The van der Waals surface area contributed by atoms with Crippen molar-refractivity contribution in [3.05, 3.63) is 11.6 Å². The van der Waals surface area contributed by atoms with E-state index in [0.29, 0.717) is 11.3 Å². The maximum absolute atomic E-state index is 9.64. The zero-order valence-electron chi connectivity index (χ0n) is 8.59. The second-order valence-corrected chi connectivity index (χ2v) is 5.00. The van der Waals surface area contributed by atoms with Crippen molar-refractivity contribution in [3.63, 3.8) is 0 Å². The fourth-order valence-electron chi connectivity index (χ4n) is 1.72. The highest BCUT2D eigenvalue weighted by Gasteiger charge is 2.29. The molecule has 1 rings (SSSR count). The largest absolute Gasteiger partial charge is 0.389 e. The van der Waals surface area contributed by atoms with Gasteiger partial charge in [-0.3, -0.25) is 0 Å². The molecule has 0 aliphatic heterocycles. The lowest BCUT2D eigenvalue weighted by atomic mass is 9.72. The molecule has 0 saturated heterocycles. The quantitative estimate of drug-likeness (QED) is 0.551. The lowest BCUT2D eigenvalue weighted by Gasteiger charge is -2.35. The van der Waals surface area contributed by atoms with Crippen LogP contribution < -0.4 is 0 Å². The van der Waals surface area contributed by atoms with Crippen LogP contribution in [0.2, 0.25) is 0 Å². The van der Waals surface area contributed by atoms with Crippen LogP contribution in [0.5, 0.6) is 0 Å². The normalized spacial score (nSPS) is 31.6. The van der Waals surface area contributed by atoms with E-state index in [0.717, 1.165) is 18.4 Å². The summed E-state index contributed by atoms with van der Waals surface area (Å²) in [4.78, 5) is 0. The maximum Gasteiger partial charge on any atom is 0.0750 e. The fraction of sp³-hybridized carbons (Fsp3) is 0.818. The van der Waals surface area contributed by atoms with Gasteiger partial charge in [0.1, 0.15) is 0 Å². The average molecular weight is 168 g/mol. The number of rotatable bonds is 0. The highest BCUT2D eigenvalue weighted by atomic mass is 16.3. The zero-order chi connectivity index (χ0) is 9.35. The first kappa shape index (κ1) is 9.79. The third-order valence-corrected chi connectivity index (χ3v) is 2.98. The zero-order valence-corrected chi connectivity index (χ0v) is 8.59. The Balaban J connectivity index is 2.65. The van der Waals surface area contributed by atoms with E-state index in [1.54, 1.807) is 0 Å². The summed E-state index contributed by atoms with van der Waals surface area (Å²) in [7, 11) is 0. The molecule has 0 radical (unpaired) electrons. The first-order valence-electron chi connectivity index (χ1n) is 4.76. The summed E-state index contributed by atoms with van der Waals surface area (Å²) in [5.41, 5.74) is 1.48. The highest BCUT2D eigenvalue weighted by molar-refractivity contribution is 5.10. The van der Waals surface area contributed by atoms with Gasteiger partial charge in [0.05, 0.1) is 6.10 Å². The molecule has 1 heteroatoms. The van der Waals surface area contributed by atoms with Crippen molar-refractivity contribution in [2.45, 2.75) is 46.6 Å². The van der Waals surface area contributed by atoms with Crippen LogP contribution in [-0.2, 0) is 0 Å². The minimum absolute atomic E-state index is 0.192. The van der Waals surface area contributed by atoms with Gasteiger partial charge in [-0.15, -0.1) is 0 Å². The van der Waals surface area contributed by atoms with Gasteiger partial charge in [0.15, 0.2) is 0 Å². The molecule has 0 amide bonds. The summed E-state index contributed by atoms with van der Waals surface area (Å²) in [6.07, 6.45) is 4.06. The van der Waals surface area contributed by atoms with Gasteiger partial charge in [0.25, 0.3) is 0 Å². The molecule has 0 unspecified atom stereocenters. The molecule has 0 saturated carbocycles. The molecule has 1 aliphatic carbocycles. The Bertz CT molecular complexity index is 186. The van der Waals surface area contributed by atoms with Gasteiger partial charge >= 0.3 is 0 Å². The predicted octanol–water partition coefficient (Wildman–Crippen LogP) is 2.75. The van der Waals surface area contributed by atoms with E-state index in [1.165, 1.54) is 0 Å². The van der Waals surface area contributed by atoms with Gasteiger partial charge in [-0.2, -0.15) is 0 Å². The minimum Gasteiger partial charge on any atom is -0.389 e. The second kappa shape index (κ2) is 3.21. The summed E-state index contributed by atoms with van der Waals surface area (Å²) in [5, 5.41) is 9.64. The van der Waals surface area contributed by atoms with Crippen LogP contribution in [-0.4, -0.2) is 11.2 Å². The summed E-state index contributed by atoms with van der Waals surface area (Å²) >= 11 is 0. The van der Waals surface area contributed by atoms with Crippen molar-refractivity contribution in [1.29, 1.82) is 0 Å². The summed E-state index contributed by atoms with van der Waals surface area (Å²) < 4.78 is 0. The lowest BCUT2D eigenvalue weighted by molar-refractivity contribution is 0.116. The molecule has 70 valence electrons. The van der Waals surface area contributed by atoms with Crippen LogP contribution in [0.15, 0.2) is 11.6 Å². The molecule has 0 fully saturated rings. The summed E-state index contributed by atoms with van der Waals surface area (Å²) in [6.45, 7) is 8.76. The van der Waals surface area contributed by atoms with Crippen LogP contribution in [0, 0.1) is 11.3 Å². The minimum atomic E-state index is -0.192. The van der Waals surface area contributed by atoms with E-state index >= 15 is 0 Å². The molecule has 1 nitrogen and oxygen atoms in total. The van der Waals surface area contributed by atoms with Gasteiger partial charge in [-0.1, -0.05) is 26.8 Å².